The molecule has 0 saturated heterocycles. The fourth-order valence-electron chi connectivity index (χ4n) is 2.99. The Bertz CT molecular complexity index is 1040. The number of aromatic nitrogens is 2. The first-order valence-electron chi connectivity index (χ1n) is 9.44. The highest BCUT2D eigenvalue weighted by atomic mass is 16.5. The van der Waals surface area contributed by atoms with Crippen LogP contribution in [0.15, 0.2) is 33.9 Å². The number of carbonyl (C=O) groups excluding carboxylic acids is 2. The van der Waals surface area contributed by atoms with Gasteiger partial charge in [0.2, 0.25) is 5.91 Å². The third kappa shape index (κ3) is 5.15. The molecule has 0 aliphatic heterocycles. The maximum absolute atomic E-state index is 12.7. The third-order valence-corrected chi connectivity index (χ3v) is 4.51. The highest BCUT2D eigenvalue weighted by Crippen LogP contribution is 2.15. The second-order valence-electron chi connectivity index (χ2n) is 6.93. The van der Waals surface area contributed by atoms with Gasteiger partial charge in [-0.1, -0.05) is 6.92 Å². The fourth-order valence-corrected chi connectivity index (χ4v) is 2.99. The lowest BCUT2D eigenvalue weighted by Gasteiger charge is -2.18. The largest absolute Gasteiger partial charge is 0.497 e. The fraction of sp³-hybridized carbons (Fsp3) is 0.400. The number of nitrogens with zero attached hydrogens (tertiary/aromatic N) is 3. The molecule has 0 aliphatic carbocycles. The lowest BCUT2D eigenvalue weighted by Crippen LogP contribution is -2.44. The van der Waals surface area contributed by atoms with Gasteiger partial charge in [-0.15, -0.1) is 0 Å². The van der Waals surface area contributed by atoms with Gasteiger partial charge in [-0.25, -0.2) is 4.79 Å². The normalized spacial score (nSPS) is 10.8. The molecule has 0 atom stereocenters. The molecule has 3 N–H and O–H groups in total. The van der Waals surface area contributed by atoms with Crippen molar-refractivity contribution in [2.45, 2.75) is 19.9 Å². The highest BCUT2D eigenvalue weighted by Gasteiger charge is 2.22. The number of likely N-dealkylation sites (N-methyl/N-ethyl adjacent to an activating group) is 1. The van der Waals surface area contributed by atoms with E-state index in [4.69, 9.17) is 10.5 Å². The molecule has 0 saturated carbocycles. The number of methoxy groups -OCH3 is 1. The molecule has 0 bridgehead atoms. The van der Waals surface area contributed by atoms with Crippen molar-refractivity contribution in [3.63, 3.8) is 0 Å². The first-order chi connectivity index (χ1) is 14.2. The van der Waals surface area contributed by atoms with Crippen LogP contribution >= 0.6 is 0 Å². The molecule has 0 radical (unpaired) electrons. The van der Waals surface area contributed by atoms with Gasteiger partial charge < -0.3 is 15.8 Å². The maximum Gasteiger partial charge on any atom is 0.332 e. The van der Waals surface area contributed by atoms with Crippen molar-refractivity contribution in [3.05, 3.63) is 50.7 Å². The summed E-state index contributed by atoms with van der Waals surface area (Å²) in [5.41, 5.74) is 5.00. The van der Waals surface area contributed by atoms with Crippen LogP contribution in [0.5, 0.6) is 5.75 Å². The minimum absolute atomic E-state index is 0.0768. The number of ether oxygens (including phenoxy) is 1. The van der Waals surface area contributed by atoms with Crippen LogP contribution in [0.1, 0.15) is 23.7 Å². The van der Waals surface area contributed by atoms with Crippen molar-refractivity contribution in [2.24, 2.45) is 7.05 Å². The number of rotatable bonds is 9. The Balaban J connectivity index is 2.10. The molecule has 10 heteroatoms. The third-order valence-electron chi connectivity index (χ3n) is 4.51. The van der Waals surface area contributed by atoms with Crippen LogP contribution in [0.3, 0.4) is 0 Å². The molecule has 1 aromatic heterocycles. The van der Waals surface area contributed by atoms with Crippen LogP contribution in [0.2, 0.25) is 0 Å². The number of Topliss-reactive ketones (excluding diaryl/α,β-unsaturated/α-hetero) is 1. The molecule has 2 aromatic rings. The van der Waals surface area contributed by atoms with Gasteiger partial charge in [-0.05, 0) is 37.7 Å². The van der Waals surface area contributed by atoms with Gasteiger partial charge in [0.05, 0.1) is 20.2 Å². The van der Waals surface area contributed by atoms with E-state index < -0.39 is 17.0 Å². The van der Waals surface area contributed by atoms with E-state index in [-0.39, 0.29) is 30.4 Å². The lowest BCUT2D eigenvalue weighted by molar-refractivity contribution is -0.116. The number of nitrogen functional groups attached to an aromatic ring is 1. The molecule has 0 spiro atoms. The molecule has 0 unspecified atom stereocenters. The van der Waals surface area contributed by atoms with Gasteiger partial charge >= 0.3 is 5.69 Å². The Hall–Kier alpha value is -3.40. The van der Waals surface area contributed by atoms with Crippen molar-refractivity contribution in [1.29, 1.82) is 0 Å². The molecular formula is C20H27N5O5. The molecule has 0 fully saturated rings. The Morgan fingerprint density at radius 3 is 2.37 bits per heavy atom. The molecule has 162 valence electrons. The number of ketones is 1. The first-order valence-corrected chi connectivity index (χ1v) is 9.44. The predicted octanol–water partition coefficient (Wildman–Crippen LogP) is 0.301. The summed E-state index contributed by atoms with van der Waals surface area (Å²) < 4.78 is 7.15. The van der Waals surface area contributed by atoms with Crippen LogP contribution in [0.4, 0.5) is 11.5 Å². The number of benzene rings is 1. The summed E-state index contributed by atoms with van der Waals surface area (Å²) in [6.45, 7) is 1.86. The number of nitrogens with one attached hydrogen (secondary N) is 1. The van der Waals surface area contributed by atoms with Crippen LogP contribution < -0.4 is 27.0 Å². The Labute approximate surface area is 173 Å². The van der Waals surface area contributed by atoms with E-state index >= 15 is 0 Å². The van der Waals surface area contributed by atoms with E-state index in [0.717, 1.165) is 4.57 Å². The van der Waals surface area contributed by atoms with Crippen molar-refractivity contribution < 1.29 is 14.3 Å². The van der Waals surface area contributed by atoms with Crippen LogP contribution in [-0.4, -0.2) is 53.0 Å². The summed E-state index contributed by atoms with van der Waals surface area (Å²) in [5, 5.41) is 2.72. The van der Waals surface area contributed by atoms with Gasteiger partial charge in [0, 0.05) is 19.3 Å². The molecule has 10 nitrogen and oxygen atoms in total. The number of carbonyl (C=O) groups is 2. The zero-order chi connectivity index (χ0) is 22.4. The predicted molar refractivity (Wildman–Crippen MR) is 114 cm³/mol. The van der Waals surface area contributed by atoms with Gasteiger partial charge in [0.15, 0.2) is 5.78 Å². The number of nitrogens with two attached hydrogens (primary N) is 1. The number of amides is 1. The van der Waals surface area contributed by atoms with Gasteiger partial charge in [0.1, 0.15) is 17.1 Å². The van der Waals surface area contributed by atoms with Gasteiger partial charge in [-0.3, -0.25) is 28.4 Å². The molecule has 2 rings (SSSR count). The number of hydrogen-bond acceptors (Lipinski definition) is 7. The van der Waals surface area contributed by atoms with E-state index in [2.05, 4.69) is 5.32 Å². The van der Waals surface area contributed by atoms with E-state index in [9.17, 15) is 19.2 Å². The zero-order valence-corrected chi connectivity index (χ0v) is 17.6. The zero-order valence-electron chi connectivity index (χ0n) is 17.6. The summed E-state index contributed by atoms with van der Waals surface area (Å²) >= 11 is 0. The highest BCUT2D eigenvalue weighted by molar-refractivity contribution is 6.01. The summed E-state index contributed by atoms with van der Waals surface area (Å²) in [7, 11) is 4.43. The molecule has 0 aliphatic rings. The van der Waals surface area contributed by atoms with Gasteiger partial charge in [0.25, 0.3) is 5.56 Å². The van der Waals surface area contributed by atoms with E-state index in [1.165, 1.54) is 16.5 Å². The summed E-state index contributed by atoms with van der Waals surface area (Å²) in [4.78, 5) is 51.1. The minimum atomic E-state index is -0.745. The average Bonchev–Trinajstić information content (AvgIpc) is 2.70. The van der Waals surface area contributed by atoms with E-state index in [0.29, 0.717) is 24.4 Å². The molecule has 1 heterocycles. The monoisotopic (exact) mass is 417 g/mol. The average molecular weight is 417 g/mol. The van der Waals surface area contributed by atoms with Crippen molar-refractivity contribution in [2.75, 3.05) is 38.3 Å². The summed E-state index contributed by atoms with van der Waals surface area (Å²) in [6, 6.07) is 6.83. The summed E-state index contributed by atoms with van der Waals surface area (Å²) in [6.07, 6.45) is 0.612. The SMILES string of the molecule is CCCn1c(N)c(C(=O)CN(C)CC(=O)Nc2ccc(OC)cc2)c(=O)n(C)c1=O. The van der Waals surface area contributed by atoms with E-state index in [1.54, 1.807) is 38.4 Å². The maximum atomic E-state index is 12.7. The molecule has 1 aromatic carbocycles. The van der Waals surface area contributed by atoms with Crippen LogP contribution in [-0.2, 0) is 18.4 Å². The standard InChI is InChI=1S/C20H27N5O5/c1-5-10-25-18(21)17(19(28)24(3)20(25)29)15(26)11-23(2)12-16(27)22-13-6-8-14(30-4)9-7-13/h6-9H,5,10-12,21H2,1-4H3,(H,22,27). The number of hydrogen-bond donors (Lipinski definition) is 2. The van der Waals surface area contributed by atoms with Crippen molar-refractivity contribution in [1.82, 2.24) is 14.0 Å². The Kier molecular flexibility index (Phi) is 7.54. The van der Waals surface area contributed by atoms with Gasteiger partial charge in [-0.2, -0.15) is 0 Å². The second-order valence-corrected chi connectivity index (χ2v) is 6.93. The smallest absolute Gasteiger partial charge is 0.332 e. The molecule has 1 amide bonds. The first kappa shape index (κ1) is 22.9. The minimum Gasteiger partial charge on any atom is -0.497 e. The van der Waals surface area contributed by atoms with Crippen molar-refractivity contribution >= 4 is 23.2 Å². The summed E-state index contributed by atoms with van der Waals surface area (Å²) in [5.74, 6) is -0.365. The quantitative estimate of drug-likeness (QED) is 0.562. The second kappa shape index (κ2) is 9.88. The van der Waals surface area contributed by atoms with Crippen molar-refractivity contribution in [3.8, 4) is 5.75 Å². The topological polar surface area (TPSA) is 129 Å². The number of anilines is 2. The lowest BCUT2D eigenvalue weighted by atomic mass is 10.1. The molecule has 30 heavy (non-hydrogen) atoms. The van der Waals surface area contributed by atoms with E-state index in [1.807, 2.05) is 6.92 Å². The Morgan fingerprint density at radius 1 is 1.17 bits per heavy atom. The Morgan fingerprint density at radius 2 is 1.80 bits per heavy atom. The van der Waals surface area contributed by atoms with Crippen LogP contribution in [0.25, 0.3) is 0 Å². The van der Waals surface area contributed by atoms with Crippen LogP contribution in [0, 0.1) is 0 Å². The molecular weight excluding hydrogens is 390 g/mol.